The summed E-state index contributed by atoms with van der Waals surface area (Å²) in [5, 5.41) is 20.3. The second-order valence-corrected chi connectivity index (χ2v) is 10.8. The standard InChI is InChI=1S/C30H32FN5O2/c1-18-28(35(4)34-33-18)20-9-10-23-25(15-20)36(26-16-21(30(2,3)37)17-32-27(23)26)29(19-11-13-38-14-12-19)22-7-5-6-8-24(22)31/h5-10,15-17,19,29,37H,11-14H2,1-4H3/t29-/m0/s1. The fourth-order valence-corrected chi connectivity index (χ4v) is 5.89. The summed E-state index contributed by atoms with van der Waals surface area (Å²) in [5.74, 6) is -0.0672. The first-order chi connectivity index (χ1) is 18.2. The van der Waals surface area contributed by atoms with Gasteiger partial charge in [0.25, 0.3) is 0 Å². The van der Waals surface area contributed by atoms with E-state index in [0.717, 1.165) is 51.7 Å². The Balaban J connectivity index is 1.71. The predicted molar refractivity (Wildman–Crippen MR) is 145 cm³/mol. The van der Waals surface area contributed by atoms with Crippen LogP contribution in [0.3, 0.4) is 0 Å². The molecule has 38 heavy (non-hydrogen) atoms. The number of nitrogens with zero attached hydrogens (tertiary/aromatic N) is 5. The van der Waals surface area contributed by atoms with Crippen LogP contribution < -0.4 is 0 Å². The SMILES string of the molecule is Cc1nnn(C)c1-c1ccc2c3ncc(C(C)(C)O)cc3n([C@H](c3ccccc3F)C3CCOCC3)c2c1. The molecular formula is C30H32FN5O2. The molecule has 4 heterocycles. The Kier molecular flexibility index (Phi) is 6.04. The second kappa shape index (κ2) is 9.29. The number of halogens is 1. The van der Waals surface area contributed by atoms with E-state index < -0.39 is 5.60 Å². The van der Waals surface area contributed by atoms with Crippen LogP contribution in [0.25, 0.3) is 33.2 Å². The summed E-state index contributed by atoms with van der Waals surface area (Å²) >= 11 is 0. The number of benzene rings is 2. The van der Waals surface area contributed by atoms with Gasteiger partial charge in [-0.15, -0.1) is 5.10 Å². The topological polar surface area (TPSA) is 78.0 Å². The largest absolute Gasteiger partial charge is 0.386 e. The van der Waals surface area contributed by atoms with Crippen molar-refractivity contribution >= 4 is 21.9 Å². The van der Waals surface area contributed by atoms with Gasteiger partial charge in [0.2, 0.25) is 0 Å². The van der Waals surface area contributed by atoms with Crippen molar-refractivity contribution in [2.75, 3.05) is 13.2 Å². The Hall–Kier alpha value is -3.62. The number of aryl methyl sites for hydroxylation is 2. The van der Waals surface area contributed by atoms with Crippen LogP contribution in [0.1, 0.15) is 49.6 Å². The van der Waals surface area contributed by atoms with Gasteiger partial charge in [0, 0.05) is 48.5 Å². The number of ether oxygens (including phenoxy) is 1. The molecule has 5 aromatic rings. The molecule has 0 radical (unpaired) electrons. The molecule has 1 aliphatic rings. The van der Waals surface area contributed by atoms with Crippen LogP contribution in [-0.4, -0.2) is 42.9 Å². The molecule has 1 saturated heterocycles. The first-order valence-corrected chi connectivity index (χ1v) is 13.1. The van der Waals surface area contributed by atoms with Gasteiger partial charge >= 0.3 is 0 Å². The third kappa shape index (κ3) is 4.08. The van der Waals surface area contributed by atoms with E-state index in [9.17, 15) is 5.11 Å². The molecule has 2 aromatic carbocycles. The van der Waals surface area contributed by atoms with Crippen molar-refractivity contribution in [2.45, 2.75) is 45.3 Å². The molecule has 1 aliphatic heterocycles. The number of aliphatic hydroxyl groups is 1. The van der Waals surface area contributed by atoms with Crippen molar-refractivity contribution in [1.82, 2.24) is 24.5 Å². The lowest BCUT2D eigenvalue weighted by atomic mass is 9.86. The molecule has 7 nitrogen and oxygen atoms in total. The van der Waals surface area contributed by atoms with Gasteiger partial charge in [-0.3, -0.25) is 4.98 Å². The lowest BCUT2D eigenvalue weighted by Gasteiger charge is -2.33. The van der Waals surface area contributed by atoms with Crippen LogP contribution >= 0.6 is 0 Å². The lowest BCUT2D eigenvalue weighted by molar-refractivity contribution is 0.0548. The van der Waals surface area contributed by atoms with E-state index in [1.165, 1.54) is 6.07 Å². The van der Waals surface area contributed by atoms with Crippen LogP contribution in [0, 0.1) is 18.7 Å². The third-order valence-corrected chi connectivity index (χ3v) is 7.83. The van der Waals surface area contributed by atoms with Gasteiger partial charge in [0.05, 0.1) is 39.6 Å². The van der Waals surface area contributed by atoms with E-state index in [0.29, 0.717) is 24.3 Å². The zero-order valence-corrected chi connectivity index (χ0v) is 22.1. The van der Waals surface area contributed by atoms with E-state index in [2.05, 4.69) is 33.1 Å². The van der Waals surface area contributed by atoms with Gasteiger partial charge in [-0.2, -0.15) is 0 Å². The van der Waals surface area contributed by atoms with E-state index in [-0.39, 0.29) is 17.8 Å². The molecule has 1 atom stereocenters. The van der Waals surface area contributed by atoms with E-state index >= 15 is 4.39 Å². The van der Waals surface area contributed by atoms with Crippen LogP contribution in [0.4, 0.5) is 4.39 Å². The van der Waals surface area contributed by atoms with Crippen molar-refractivity contribution in [2.24, 2.45) is 13.0 Å². The highest BCUT2D eigenvalue weighted by atomic mass is 19.1. The van der Waals surface area contributed by atoms with Crippen LogP contribution in [0.2, 0.25) is 0 Å². The number of pyridine rings is 1. The van der Waals surface area contributed by atoms with E-state index in [4.69, 9.17) is 9.72 Å². The van der Waals surface area contributed by atoms with Gasteiger partial charge in [0.1, 0.15) is 5.82 Å². The molecule has 196 valence electrons. The maximum absolute atomic E-state index is 15.5. The minimum atomic E-state index is -1.07. The van der Waals surface area contributed by atoms with Crippen LogP contribution in [-0.2, 0) is 17.4 Å². The van der Waals surface area contributed by atoms with Gasteiger partial charge < -0.3 is 14.4 Å². The van der Waals surface area contributed by atoms with Crippen molar-refractivity contribution in [3.8, 4) is 11.3 Å². The van der Waals surface area contributed by atoms with Gasteiger partial charge in [-0.05, 0) is 63.8 Å². The van der Waals surface area contributed by atoms with Crippen LogP contribution in [0.15, 0.2) is 54.7 Å². The number of aromatic nitrogens is 5. The van der Waals surface area contributed by atoms with E-state index in [1.807, 2.05) is 32.2 Å². The predicted octanol–water partition coefficient (Wildman–Crippen LogP) is 5.68. The highest BCUT2D eigenvalue weighted by molar-refractivity contribution is 6.07. The quantitative estimate of drug-likeness (QED) is 0.327. The molecule has 0 bridgehead atoms. The maximum Gasteiger partial charge on any atom is 0.128 e. The van der Waals surface area contributed by atoms with Gasteiger partial charge in [-0.1, -0.05) is 29.5 Å². The highest BCUT2D eigenvalue weighted by Crippen LogP contribution is 2.42. The number of hydrogen-bond acceptors (Lipinski definition) is 5. The number of fused-ring (bicyclic) bond motifs is 3. The Labute approximate surface area is 220 Å². The van der Waals surface area contributed by atoms with Crippen LogP contribution in [0.5, 0.6) is 0 Å². The fourth-order valence-electron chi connectivity index (χ4n) is 5.89. The molecule has 0 amide bonds. The smallest absolute Gasteiger partial charge is 0.128 e. The summed E-state index contributed by atoms with van der Waals surface area (Å²) in [4.78, 5) is 4.84. The molecule has 0 aliphatic carbocycles. The average Bonchev–Trinajstić information content (AvgIpc) is 3.41. The molecule has 1 N–H and O–H groups in total. The third-order valence-electron chi connectivity index (χ3n) is 7.83. The number of hydrogen-bond donors (Lipinski definition) is 1. The van der Waals surface area contributed by atoms with Gasteiger partial charge in [-0.25, -0.2) is 9.07 Å². The summed E-state index contributed by atoms with van der Waals surface area (Å²) in [5.41, 5.74) is 5.69. The molecule has 0 spiro atoms. The Bertz CT molecular complexity index is 1620. The van der Waals surface area contributed by atoms with Crippen molar-refractivity contribution in [3.05, 3.63) is 77.4 Å². The molecule has 0 unspecified atom stereocenters. The lowest BCUT2D eigenvalue weighted by Crippen LogP contribution is -2.27. The fraction of sp³-hybridized carbons (Fsp3) is 0.367. The Morgan fingerprint density at radius 1 is 1.08 bits per heavy atom. The maximum atomic E-state index is 15.5. The first kappa shape index (κ1) is 24.7. The minimum absolute atomic E-state index is 0.161. The summed E-state index contributed by atoms with van der Waals surface area (Å²) < 4.78 is 25.3. The summed E-state index contributed by atoms with van der Waals surface area (Å²) in [6.07, 6.45) is 3.38. The van der Waals surface area contributed by atoms with Gasteiger partial charge in [0.15, 0.2) is 0 Å². The second-order valence-electron chi connectivity index (χ2n) is 10.8. The molecular weight excluding hydrogens is 481 g/mol. The monoisotopic (exact) mass is 513 g/mol. The molecule has 8 heteroatoms. The summed E-state index contributed by atoms with van der Waals surface area (Å²) in [7, 11) is 1.89. The molecule has 3 aromatic heterocycles. The first-order valence-electron chi connectivity index (χ1n) is 13.1. The average molecular weight is 514 g/mol. The Morgan fingerprint density at radius 3 is 2.53 bits per heavy atom. The summed E-state index contributed by atoms with van der Waals surface area (Å²) in [6, 6.07) is 15.1. The minimum Gasteiger partial charge on any atom is -0.386 e. The number of rotatable bonds is 5. The zero-order valence-electron chi connectivity index (χ0n) is 22.1. The zero-order chi connectivity index (χ0) is 26.6. The normalized spacial score (nSPS) is 15.9. The molecule has 6 rings (SSSR count). The summed E-state index contributed by atoms with van der Waals surface area (Å²) in [6.45, 7) is 6.75. The van der Waals surface area contributed by atoms with Crippen molar-refractivity contribution in [1.29, 1.82) is 0 Å². The highest BCUT2D eigenvalue weighted by Gasteiger charge is 2.32. The van der Waals surface area contributed by atoms with Crippen molar-refractivity contribution < 1.29 is 14.2 Å². The molecule has 1 fully saturated rings. The van der Waals surface area contributed by atoms with E-state index in [1.54, 1.807) is 30.8 Å². The Morgan fingerprint density at radius 2 is 1.84 bits per heavy atom. The molecule has 0 saturated carbocycles. The van der Waals surface area contributed by atoms with Crippen molar-refractivity contribution in [3.63, 3.8) is 0 Å².